The maximum absolute atomic E-state index is 12.7. The van der Waals surface area contributed by atoms with Gasteiger partial charge in [0, 0.05) is 22.6 Å². The number of rotatable bonds is 7. The third kappa shape index (κ3) is 4.72. The minimum Gasteiger partial charge on any atom is -0.493 e. The fourth-order valence-electron chi connectivity index (χ4n) is 3.26. The van der Waals surface area contributed by atoms with Crippen LogP contribution in [-0.2, 0) is 10.1 Å². The number of ether oxygens (including phenoxy) is 1. The molecule has 0 N–H and O–H groups in total. The zero-order chi connectivity index (χ0) is 25.3. The predicted molar refractivity (Wildman–Crippen MR) is 125 cm³/mol. The number of hydrogen-bond acceptors (Lipinski definition) is 10. The van der Waals surface area contributed by atoms with Crippen molar-refractivity contribution in [2.24, 2.45) is 0 Å². The van der Waals surface area contributed by atoms with Crippen LogP contribution in [0.15, 0.2) is 75.4 Å². The number of carbonyl (C=O) groups is 1. The van der Waals surface area contributed by atoms with Crippen LogP contribution in [0.1, 0.15) is 15.9 Å². The van der Waals surface area contributed by atoms with Gasteiger partial charge < -0.3 is 8.92 Å². The standard InChI is InChI=1S/C22H14N2O9S2/c1-32-19-10-13(11-21-22(25)15-4-2-3-5-20(15)34-21)6-9-18(19)33-35(30,31)14-7-8-16(23(26)27)17(12-14)24(28)29/h2-12H,1H3. The van der Waals surface area contributed by atoms with Crippen LogP contribution < -0.4 is 8.92 Å². The summed E-state index contributed by atoms with van der Waals surface area (Å²) in [5.74, 6) is -0.330. The first-order chi connectivity index (χ1) is 16.6. The smallest absolute Gasteiger partial charge is 0.347 e. The van der Waals surface area contributed by atoms with E-state index in [0.717, 1.165) is 17.0 Å². The molecule has 1 aliphatic rings. The highest BCUT2D eigenvalue weighted by molar-refractivity contribution is 8.04. The number of carbonyl (C=O) groups excluding carboxylic acids is 1. The highest BCUT2D eigenvalue weighted by atomic mass is 32.2. The number of benzene rings is 3. The predicted octanol–water partition coefficient (Wildman–Crippen LogP) is 4.61. The van der Waals surface area contributed by atoms with E-state index in [2.05, 4.69) is 0 Å². The van der Waals surface area contributed by atoms with Crippen molar-refractivity contribution in [1.82, 2.24) is 0 Å². The van der Waals surface area contributed by atoms with Crippen LogP contribution in [0.3, 0.4) is 0 Å². The zero-order valence-electron chi connectivity index (χ0n) is 17.7. The molecule has 0 saturated heterocycles. The molecule has 0 fully saturated rings. The number of nitro groups is 2. The Labute approximate surface area is 202 Å². The van der Waals surface area contributed by atoms with Crippen molar-refractivity contribution >= 4 is 45.1 Å². The number of allylic oxidation sites excluding steroid dienone is 1. The van der Waals surface area contributed by atoms with Crippen LogP contribution in [0.5, 0.6) is 11.5 Å². The Morgan fingerprint density at radius 1 is 0.914 bits per heavy atom. The van der Waals surface area contributed by atoms with E-state index >= 15 is 0 Å². The number of thioether (sulfide) groups is 1. The number of nitro benzene ring substituents is 2. The van der Waals surface area contributed by atoms with Crippen molar-refractivity contribution in [3.8, 4) is 11.5 Å². The molecule has 1 heterocycles. The second-order valence-corrected chi connectivity index (χ2v) is 9.68. The van der Waals surface area contributed by atoms with Crippen LogP contribution in [0.2, 0.25) is 0 Å². The molecule has 3 aromatic carbocycles. The molecule has 0 saturated carbocycles. The monoisotopic (exact) mass is 514 g/mol. The Morgan fingerprint density at radius 3 is 2.29 bits per heavy atom. The lowest BCUT2D eigenvalue weighted by atomic mass is 10.1. The van der Waals surface area contributed by atoms with E-state index in [4.69, 9.17) is 8.92 Å². The molecule has 0 unspecified atom stereocenters. The van der Waals surface area contributed by atoms with Gasteiger partial charge in [0.25, 0.3) is 0 Å². The molecule has 0 aromatic heterocycles. The van der Waals surface area contributed by atoms with Crippen molar-refractivity contribution in [2.75, 3.05) is 7.11 Å². The Hall–Kier alpha value is -4.23. The van der Waals surface area contributed by atoms with Gasteiger partial charge >= 0.3 is 21.5 Å². The molecule has 0 spiro atoms. The van der Waals surface area contributed by atoms with E-state index in [-0.39, 0.29) is 17.3 Å². The van der Waals surface area contributed by atoms with Gasteiger partial charge in [-0.2, -0.15) is 8.42 Å². The quantitative estimate of drug-likeness (QED) is 0.189. The number of methoxy groups -OCH3 is 1. The summed E-state index contributed by atoms with van der Waals surface area (Å²) in [5, 5.41) is 22.1. The van der Waals surface area contributed by atoms with Gasteiger partial charge in [0.2, 0.25) is 5.78 Å². The fourth-order valence-corrected chi connectivity index (χ4v) is 5.27. The summed E-state index contributed by atoms with van der Waals surface area (Å²) in [6.07, 6.45) is 1.63. The van der Waals surface area contributed by atoms with Crippen molar-refractivity contribution in [1.29, 1.82) is 0 Å². The maximum Gasteiger partial charge on any atom is 0.347 e. The lowest BCUT2D eigenvalue weighted by Crippen LogP contribution is -2.11. The second kappa shape index (κ2) is 9.19. The highest BCUT2D eigenvalue weighted by Crippen LogP contribution is 2.41. The Balaban J connectivity index is 1.63. The summed E-state index contributed by atoms with van der Waals surface area (Å²) in [6.45, 7) is 0. The normalized spacial score (nSPS) is 14.0. The SMILES string of the molecule is COc1cc(C=C2Sc3ccccc3C2=O)ccc1OS(=O)(=O)c1ccc([N+](=O)[O-])c([N+](=O)[O-])c1. The van der Waals surface area contributed by atoms with E-state index in [0.29, 0.717) is 22.1 Å². The number of Topliss-reactive ketones (excluding diaryl/α,β-unsaturated/α-hetero) is 1. The molecule has 4 rings (SSSR count). The molecule has 0 aliphatic carbocycles. The van der Waals surface area contributed by atoms with Gasteiger partial charge in [-0.25, -0.2) is 0 Å². The molecular formula is C22H14N2O9S2. The van der Waals surface area contributed by atoms with E-state index in [1.54, 1.807) is 18.2 Å². The summed E-state index contributed by atoms with van der Waals surface area (Å²) >= 11 is 1.31. The minimum absolute atomic E-state index is 0.0206. The largest absolute Gasteiger partial charge is 0.493 e. The van der Waals surface area contributed by atoms with E-state index in [1.807, 2.05) is 12.1 Å². The van der Waals surface area contributed by atoms with Crippen molar-refractivity contribution in [3.05, 3.63) is 96.9 Å². The first-order valence-electron chi connectivity index (χ1n) is 9.69. The molecule has 1 aliphatic heterocycles. The van der Waals surface area contributed by atoms with Gasteiger partial charge in [0.15, 0.2) is 11.5 Å². The van der Waals surface area contributed by atoms with Gasteiger partial charge in [-0.05, 0) is 42.0 Å². The van der Waals surface area contributed by atoms with Crippen LogP contribution in [0.4, 0.5) is 11.4 Å². The summed E-state index contributed by atoms with van der Waals surface area (Å²) in [7, 11) is -3.32. The molecule has 178 valence electrons. The summed E-state index contributed by atoms with van der Waals surface area (Å²) in [6, 6.07) is 13.6. The molecule has 35 heavy (non-hydrogen) atoms. The molecule has 11 nitrogen and oxygen atoms in total. The molecule has 0 atom stereocenters. The summed E-state index contributed by atoms with van der Waals surface area (Å²) in [4.78, 5) is 33.3. The van der Waals surface area contributed by atoms with E-state index in [1.165, 1.54) is 37.1 Å². The summed E-state index contributed by atoms with van der Waals surface area (Å²) in [5.41, 5.74) is -0.709. The lowest BCUT2D eigenvalue weighted by molar-refractivity contribution is -0.422. The summed E-state index contributed by atoms with van der Waals surface area (Å²) < 4.78 is 35.8. The number of ketones is 1. The average Bonchev–Trinajstić information content (AvgIpc) is 3.14. The molecule has 3 aromatic rings. The number of nitrogens with zero attached hydrogens (tertiary/aromatic N) is 2. The molecule has 0 radical (unpaired) electrons. The third-order valence-corrected chi connectivity index (χ3v) is 7.22. The van der Waals surface area contributed by atoms with Gasteiger partial charge in [0.05, 0.1) is 21.9 Å². The van der Waals surface area contributed by atoms with Gasteiger partial charge in [-0.3, -0.25) is 25.0 Å². The number of hydrogen-bond donors (Lipinski definition) is 0. The van der Waals surface area contributed by atoms with Crippen molar-refractivity contribution < 1.29 is 32.0 Å². The Bertz CT molecular complexity index is 1530. The van der Waals surface area contributed by atoms with Crippen LogP contribution in [0, 0.1) is 20.2 Å². The van der Waals surface area contributed by atoms with Gasteiger partial charge in [-0.1, -0.05) is 30.0 Å². The molecule has 0 bridgehead atoms. The van der Waals surface area contributed by atoms with Crippen LogP contribution in [0.25, 0.3) is 6.08 Å². The Kier molecular flexibility index (Phi) is 6.28. The van der Waals surface area contributed by atoms with Crippen molar-refractivity contribution in [3.63, 3.8) is 0 Å². The first kappa shape index (κ1) is 23.9. The van der Waals surface area contributed by atoms with Gasteiger partial charge in [0.1, 0.15) is 4.90 Å². The second-order valence-electron chi connectivity index (χ2n) is 7.05. The fraction of sp³-hybridized carbons (Fsp3) is 0.0455. The number of fused-ring (bicyclic) bond motifs is 1. The highest BCUT2D eigenvalue weighted by Gasteiger charge is 2.29. The Morgan fingerprint density at radius 2 is 1.63 bits per heavy atom. The third-order valence-electron chi connectivity index (χ3n) is 4.89. The molecule has 0 amide bonds. The average molecular weight is 514 g/mol. The van der Waals surface area contributed by atoms with Crippen molar-refractivity contribution in [2.45, 2.75) is 9.79 Å². The lowest BCUT2D eigenvalue weighted by Gasteiger charge is -2.11. The zero-order valence-corrected chi connectivity index (χ0v) is 19.4. The van der Waals surface area contributed by atoms with Crippen LogP contribution in [-0.4, -0.2) is 31.2 Å². The van der Waals surface area contributed by atoms with E-state index in [9.17, 15) is 33.4 Å². The topological polar surface area (TPSA) is 156 Å². The first-order valence-corrected chi connectivity index (χ1v) is 11.9. The van der Waals surface area contributed by atoms with Gasteiger partial charge in [-0.15, -0.1) is 0 Å². The minimum atomic E-state index is -4.61. The van der Waals surface area contributed by atoms with Crippen LogP contribution >= 0.6 is 11.8 Å². The molecule has 13 heteroatoms. The maximum atomic E-state index is 12.7. The molecular weight excluding hydrogens is 500 g/mol. The van der Waals surface area contributed by atoms with E-state index < -0.39 is 36.2 Å².